The first kappa shape index (κ1) is 17.9. The first-order valence-corrected chi connectivity index (χ1v) is 9.10. The third-order valence-electron chi connectivity index (χ3n) is 4.80. The number of rotatable bonds is 6. The topological polar surface area (TPSA) is 50.4 Å². The minimum Gasteiger partial charge on any atom is -0.481 e. The summed E-state index contributed by atoms with van der Waals surface area (Å²) < 4.78 is 4.91. The van der Waals surface area contributed by atoms with Gasteiger partial charge in [-0.05, 0) is 56.7 Å². The van der Waals surface area contributed by atoms with Crippen LogP contribution in [0.2, 0.25) is 0 Å². The van der Waals surface area contributed by atoms with Crippen molar-refractivity contribution in [3.63, 3.8) is 0 Å². The van der Waals surface area contributed by atoms with Gasteiger partial charge in [-0.1, -0.05) is 24.3 Å². The van der Waals surface area contributed by atoms with E-state index in [1.165, 1.54) is 11.1 Å². The van der Waals surface area contributed by atoms with E-state index in [1.807, 2.05) is 24.9 Å². The van der Waals surface area contributed by atoms with Crippen molar-refractivity contribution < 1.29 is 9.90 Å². The van der Waals surface area contributed by atoms with E-state index in [0.717, 1.165) is 36.3 Å². The normalized spacial score (nSPS) is 16.8. The van der Waals surface area contributed by atoms with Gasteiger partial charge in [0, 0.05) is 25.3 Å². The molecule has 5 nitrogen and oxygen atoms in total. The lowest BCUT2D eigenvalue weighted by Gasteiger charge is -2.27. The van der Waals surface area contributed by atoms with E-state index >= 15 is 0 Å². The van der Waals surface area contributed by atoms with E-state index in [9.17, 15) is 4.79 Å². The summed E-state index contributed by atoms with van der Waals surface area (Å²) >= 11 is 5.71. The maximum atomic E-state index is 10.9. The van der Waals surface area contributed by atoms with Crippen molar-refractivity contribution in [1.29, 1.82) is 0 Å². The second-order valence-corrected chi connectivity index (χ2v) is 7.38. The van der Waals surface area contributed by atoms with Gasteiger partial charge in [0.05, 0.1) is 12.1 Å². The fraction of sp³-hybridized carbons (Fsp3) is 0.474. The van der Waals surface area contributed by atoms with Crippen LogP contribution < -0.4 is 0 Å². The maximum Gasteiger partial charge on any atom is 0.305 e. The number of carbonyl (C=O) groups is 1. The van der Waals surface area contributed by atoms with Crippen molar-refractivity contribution in [2.24, 2.45) is 0 Å². The van der Waals surface area contributed by atoms with Gasteiger partial charge in [0.2, 0.25) is 0 Å². The summed E-state index contributed by atoms with van der Waals surface area (Å²) in [6.07, 6.45) is 5.23. The van der Waals surface area contributed by atoms with Crippen molar-refractivity contribution in [3.05, 3.63) is 52.1 Å². The van der Waals surface area contributed by atoms with E-state index in [-0.39, 0.29) is 6.42 Å². The van der Waals surface area contributed by atoms with Crippen molar-refractivity contribution in [2.75, 3.05) is 14.1 Å². The third kappa shape index (κ3) is 4.02. The quantitative estimate of drug-likeness (QED) is 0.804. The van der Waals surface area contributed by atoms with E-state index < -0.39 is 5.97 Å². The fourth-order valence-electron chi connectivity index (χ4n) is 3.67. The van der Waals surface area contributed by atoms with Crippen molar-refractivity contribution in [1.82, 2.24) is 14.0 Å². The van der Waals surface area contributed by atoms with Crippen LogP contribution in [0.1, 0.15) is 35.7 Å². The Labute approximate surface area is 153 Å². The van der Waals surface area contributed by atoms with E-state index in [0.29, 0.717) is 12.6 Å². The van der Waals surface area contributed by atoms with Gasteiger partial charge in [-0.25, -0.2) is 0 Å². The van der Waals surface area contributed by atoms with Crippen LogP contribution in [0.3, 0.4) is 0 Å². The highest BCUT2D eigenvalue weighted by Gasteiger charge is 2.23. The van der Waals surface area contributed by atoms with Crippen LogP contribution in [0.4, 0.5) is 0 Å². The van der Waals surface area contributed by atoms with Crippen molar-refractivity contribution in [2.45, 2.75) is 44.8 Å². The number of fused-ring (bicyclic) bond motifs is 1. The highest BCUT2D eigenvalue weighted by atomic mass is 32.1. The van der Waals surface area contributed by atoms with E-state index in [4.69, 9.17) is 17.3 Å². The molecule has 1 aliphatic carbocycles. The monoisotopic (exact) mass is 359 g/mol. The molecular weight excluding hydrogens is 334 g/mol. The average molecular weight is 359 g/mol. The maximum absolute atomic E-state index is 10.9. The van der Waals surface area contributed by atoms with Gasteiger partial charge in [-0.2, -0.15) is 0 Å². The molecule has 1 unspecified atom stereocenters. The number of aliphatic carboxylic acids is 1. The summed E-state index contributed by atoms with van der Waals surface area (Å²) in [5.74, 6) is -0.796. The lowest BCUT2D eigenvalue weighted by atomic mass is 9.88. The molecule has 1 atom stereocenters. The number of hydrogen-bond donors (Lipinski definition) is 1. The summed E-state index contributed by atoms with van der Waals surface area (Å²) in [4.78, 5) is 13.1. The standard InChI is InChI=1S/C19H25N3O2S/c1-20(2)12-17-13-21(10-9-18(23)24)19(25)22(17)16-8-7-14-5-3-4-6-15(14)11-16/h3-6,13,16H,7-12H2,1-2H3,(H,23,24). The number of imidazole rings is 1. The highest BCUT2D eigenvalue weighted by molar-refractivity contribution is 7.71. The summed E-state index contributed by atoms with van der Waals surface area (Å²) in [5.41, 5.74) is 3.99. The van der Waals surface area contributed by atoms with Crippen molar-refractivity contribution >= 4 is 18.2 Å². The molecule has 0 bridgehead atoms. The number of benzene rings is 1. The van der Waals surface area contributed by atoms with Gasteiger partial charge in [-0.15, -0.1) is 0 Å². The molecular formula is C19H25N3O2S. The van der Waals surface area contributed by atoms with Crippen LogP contribution >= 0.6 is 12.2 Å². The fourth-order valence-corrected chi connectivity index (χ4v) is 4.08. The summed E-state index contributed by atoms with van der Waals surface area (Å²) in [5, 5.41) is 8.98. The Balaban J connectivity index is 1.93. The zero-order valence-electron chi connectivity index (χ0n) is 14.8. The molecule has 0 saturated heterocycles. The second-order valence-electron chi connectivity index (χ2n) is 7.01. The molecule has 25 heavy (non-hydrogen) atoms. The molecule has 0 saturated carbocycles. The smallest absolute Gasteiger partial charge is 0.305 e. The molecule has 1 aliphatic rings. The molecule has 1 N–H and O–H groups in total. The highest BCUT2D eigenvalue weighted by Crippen LogP contribution is 2.30. The molecule has 3 rings (SSSR count). The van der Waals surface area contributed by atoms with Gasteiger partial charge in [0.1, 0.15) is 0 Å². The lowest BCUT2D eigenvalue weighted by molar-refractivity contribution is -0.137. The molecule has 0 fully saturated rings. The molecule has 1 aromatic carbocycles. The van der Waals surface area contributed by atoms with E-state index in [2.05, 4.69) is 33.7 Å². The van der Waals surface area contributed by atoms with Crippen molar-refractivity contribution in [3.8, 4) is 0 Å². The first-order chi connectivity index (χ1) is 12.0. The Morgan fingerprint density at radius 3 is 2.72 bits per heavy atom. The Bertz CT molecular complexity index is 822. The average Bonchev–Trinajstić information content (AvgIpc) is 2.87. The van der Waals surface area contributed by atoms with Crippen LogP contribution in [-0.4, -0.2) is 39.2 Å². The zero-order chi connectivity index (χ0) is 18.0. The van der Waals surface area contributed by atoms with Crippen LogP contribution in [-0.2, 0) is 30.7 Å². The van der Waals surface area contributed by atoms with Crippen LogP contribution in [0.25, 0.3) is 0 Å². The molecule has 1 heterocycles. The number of aryl methyl sites for hydroxylation is 2. The number of aromatic nitrogens is 2. The SMILES string of the molecule is CN(C)Cc1cn(CCC(=O)O)c(=S)n1C1CCc2ccccc2C1. The molecule has 1 aromatic heterocycles. The van der Waals surface area contributed by atoms with Crippen LogP contribution in [0.15, 0.2) is 30.5 Å². The second kappa shape index (κ2) is 7.54. The number of carboxylic acid groups (broad SMARTS) is 1. The molecule has 134 valence electrons. The summed E-state index contributed by atoms with van der Waals surface area (Å²) in [6.45, 7) is 1.22. The molecule has 0 spiro atoms. The molecule has 0 amide bonds. The molecule has 2 aromatic rings. The van der Waals surface area contributed by atoms with Crippen LogP contribution in [0.5, 0.6) is 0 Å². The lowest BCUT2D eigenvalue weighted by Crippen LogP contribution is -2.23. The van der Waals surface area contributed by atoms with E-state index in [1.54, 1.807) is 0 Å². The molecule has 6 heteroatoms. The largest absolute Gasteiger partial charge is 0.481 e. The predicted molar refractivity (Wildman–Crippen MR) is 100 cm³/mol. The number of hydrogen-bond acceptors (Lipinski definition) is 3. The Kier molecular flexibility index (Phi) is 5.39. The minimum atomic E-state index is -0.796. The zero-order valence-corrected chi connectivity index (χ0v) is 15.6. The molecule has 0 aliphatic heterocycles. The van der Waals surface area contributed by atoms with Gasteiger partial charge in [0.15, 0.2) is 4.77 Å². The Hall–Kier alpha value is -1.92. The van der Waals surface area contributed by atoms with Gasteiger partial charge in [-0.3, -0.25) is 4.79 Å². The summed E-state index contributed by atoms with van der Waals surface area (Å²) in [7, 11) is 4.08. The van der Waals surface area contributed by atoms with Gasteiger partial charge >= 0.3 is 5.97 Å². The first-order valence-electron chi connectivity index (χ1n) is 8.69. The Morgan fingerprint density at radius 1 is 1.32 bits per heavy atom. The van der Waals surface area contributed by atoms with Crippen LogP contribution in [0, 0.1) is 4.77 Å². The summed E-state index contributed by atoms with van der Waals surface area (Å²) in [6, 6.07) is 8.95. The number of nitrogens with zero attached hydrogens (tertiary/aromatic N) is 3. The molecule has 0 radical (unpaired) electrons. The predicted octanol–water partition coefficient (Wildman–Crippen LogP) is 3.29. The third-order valence-corrected chi connectivity index (χ3v) is 5.23. The van der Waals surface area contributed by atoms with Gasteiger partial charge < -0.3 is 19.1 Å². The minimum absolute atomic E-state index is 0.0905. The van der Waals surface area contributed by atoms with Gasteiger partial charge in [0.25, 0.3) is 0 Å². The Morgan fingerprint density at radius 2 is 2.04 bits per heavy atom. The number of carboxylic acids is 1.